The van der Waals surface area contributed by atoms with E-state index < -0.39 is 0 Å². The molecule has 0 fully saturated rings. The highest BCUT2D eigenvalue weighted by atomic mass is 15.1. The SMILES string of the molecule is CC[C@H](N)c1ccccc1N(CC)Cc1ccccc1. The Morgan fingerprint density at radius 2 is 1.60 bits per heavy atom. The molecule has 0 aliphatic rings. The molecule has 0 aliphatic heterocycles. The van der Waals surface area contributed by atoms with E-state index in [-0.39, 0.29) is 6.04 Å². The van der Waals surface area contributed by atoms with Crippen molar-refractivity contribution >= 4 is 5.69 Å². The highest BCUT2D eigenvalue weighted by molar-refractivity contribution is 5.55. The summed E-state index contributed by atoms with van der Waals surface area (Å²) in [6.07, 6.45) is 0.958. The minimum absolute atomic E-state index is 0.107. The molecule has 1 atom stereocenters. The fraction of sp³-hybridized carbons (Fsp3) is 0.333. The highest BCUT2D eigenvalue weighted by Gasteiger charge is 2.13. The maximum Gasteiger partial charge on any atom is 0.0429 e. The predicted octanol–water partition coefficient (Wildman–Crippen LogP) is 4.12. The molecule has 0 spiro atoms. The van der Waals surface area contributed by atoms with Crippen LogP contribution in [0.3, 0.4) is 0 Å². The van der Waals surface area contributed by atoms with E-state index in [2.05, 4.69) is 73.3 Å². The van der Waals surface area contributed by atoms with Crippen LogP contribution in [0.15, 0.2) is 54.6 Å². The maximum absolute atomic E-state index is 6.25. The van der Waals surface area contributed by atoms with Gasteiger partial charge in [-0.05, 0) is 30.5 Å². The summed E-state index contributed by atoms with van der Waals surface area (Å²) in [5, 5.41) is 0. The molecule has 2 aromatic carbocycles. The van der Waals surface area contributed by atoms with Gasteiger partial charge in [0, 0.05) is 24.8 Å². The lowest BCUT2D eigenvalue weighted by Gasteiger charge is -2.27. The topological polar surface area (TPSA) is 29.3 Å². The zero-order chi connectivity index (χ0) is 14.4. The lowest BCUT2D eigenvalue weighted by Crippen LogP contribution is -2.25. The fourth-order valence-electron chi connectivity index (χ4n) is 2.48. The Labute approximate surface area is 122 Å². The molecule has 0 aromatic heterocycles. The number of nitrogens with two attached hydrogens (primary N) is 1. The second-order valence-corrected chi connectivity index (χ2v) is 5.07. The Hall–Kier alpha value is -1.80. The van der Waals surface area contributed by atoms with Crippen LogP contribution in [0.25, 0.3) is 0 Å². The first kappa shape index (κ1) is 14.6. The summed E-state index contributed by atoms with van der Waals surface area (Å²) < 4.78 is 0. The van der Waals surface area contributed by atoms with E-state index in [1.165, 1.54) is 16.8 Å². The monoisotopic (exact) mass is 268 g/mol. The van der Waals surface area contributed by atoms with Crippen molar-refractivity contribution < 1.29 is 0 Å². The number of para-hydroxylation sites is 1. The van der Waals surface area contributed by atoms with E-state index in [4.69, 9.17) is 5.73 Å². The molecular formula is C18H24N2. The van der Waals surface area contributed by atoms with Crippen LogP contribution in [-0.4, -0.2) is 6.54 Å². The first-order valence-electron chi connectivity index (χ1n) is 7.39. The molecule has 0 aliphatic carbocycles. The molecule has 20 heavy (non-hydrogen) atoms. The van der Waals surface area contributed by atoms with Crippen molar-refractivity contribution in [3.8, 4) is 0 Å². The summed E-state index contributed by atoms with van der Waals surface area (Å²) in [4.78, 5) is 2.39. The van der Waals surface area contributed by atoms with Gasteiger partial charge >= 0.3 is 0 Å². The van der Waals surface area contributed by atoms with Crippen LogP contribution in [0.5, 0.6) is 0 Å². The van der Waals surface area contributed by atoms with Crippen molar-refractivity contribution in [2.75, 3.05) is 11.4 Å². The molecule has 2 heteroatoms. The molecule has 0 amide bonds. The smallest absolute Gasteiger partial charge is 0.0429 e. The molecule has 0 heterocycles. The van der Waals surface area contributed by atoms with Crippen LogP contribution in [0.1, 0.15) is 37.4 Å². The molecule has 2 aromatic rings. The molecular weight excluding hydrogens is 244 g/mol. The first-order chi connectivity index (χ1) is 9.76. The third kappa shape index (κ3) is 3.40. The Morgan fingerprint density at radius 3 is 2.25 bits per heavy atom. The van der Waals surface area contributed by atoms with Crippen molar-refractivity contribution in [3.05, 3.63) is 65.7 Å². The van der Waals surface area contributed by atoms with Crippen LogP contribution >= 0.6 is 0 Å². The van der Waals surface area contributed by atoms with Gasteiger partial charge in [-0.25, -0.2) is 0 Å². The van der Waals surface area contributed by atoms with Gasteiger partial charge in [0.05, 0.1) is 0 Å². The summed E-state index contributed by atoms with van der Waals surface area (Å²) >= 11 is 0. The van der Waals surface area contributed by atoms with Gasteiger partial charge in [0.1, 0.15) is 0 Å². The summed E-state index contributed by atoms with van der Waals surface area (Å²) in [7, 11) is 0. The molecule has 0 saturated heterocycles. The van der Waals surface area contributed by atoms with Crippen LogP contribution in [-0.2, 0) is 6.54 Å². The predicted molar refractivity (Wildman–Crippen MR) is 86.8 cm³/mol. The third-order valence-electron chi connectivity index (χ3n) is 3.71. The van der Waals surface area contributed by atoms with Crippen molar-refractivity contribution in [1.29, 1.82) is 0 Å². The van der Waals surface area contributed by atoms with Gasteiger partial charge in [-0.15, -0.1) is 0 Å². The van der Waals surface area contributed by atoms with Gasteiger partial charge in [0.2, 0.25) is 0 Å². The van der Waals surface area contributed by atoms with Crippen molar-refractivity contribution in [3.63, 3.8) is 0 Å². The van der Waals surface area contributed by atoms with Crippen LogP contribution in [0.2, 0.25) is 0 Å². The zero-order valence-electron chi connectivity index (χ0n) is 12.4. The van der Waals surface area contributed by atoms with E-state index >= 15 is 0 Å². The molecule has 0 radical (unpaired) electrons. The third-order valence-corrected chi connectivity index (χ3v) is 3.71. The number of nitrogens with zero attached hydrogens (tertiary/aromatic N) is 1. The van der Waals surface area contributed by atoms with Crippen molar-refractivity contribution in [2.45, 2.75) is 32.9 Å². The largest absolute Gasteiger partial charge is 0.367 e. The number of rotatable bonds is 6. The van der Waals surface area contributed by atoms with Crippen molar-refractivity contribution in [1.82, 2.24) is 0 Å². The number of benzene rings is 2. The quantitative estimate of drug-likeness (QED) is 0.853. The lowest BCUT2D eigenvalue weighted by molar-refractivity contribution is 0.690. The zero-order valence-corrected chi connectivity index (χ0v) is 12.4. The van der Waals surface area contributed by atoms with Gasteiger partial charge in [0.25, 0.3) is 0 Å². The minimum atomic E-state index is 0.107. The molecule has 0 unspecified atom stereocenters. The molecule has 0 bridgehead atoms. The average molecular weight is 268 g/mol. The van der Waals surface area contributed by atoms with Gasteiger partial charge in [-0.1, -0.05) is 55.5 Å². The fourth-order valence-corrected chi connectivity index (χ4v) is 2.48. The molecule has 0 saturated carbocycles. The van der Waals surface area contributed by atoms with E-state index in [1.807, 2.05) is 0 Å². The van der Waals surface area contributed by atoms with Crippen LogP contribution in [0.4, 0.5) is 5.69 Å². The van der Waals surface area contributed by atoms with Crippen LogP contribution in [0, 0.1) is 0 Å². The lowest BCUT2D eigenvalue weighted by atomic mass is 10.0. The molecule has 106 valence electrons. The van der Waals surface area contributed by atoms with E-state index in [0.717, 1.165) is 19.5 Å². The summed E-state index contributed by atoms with van der Waals surface area (Å²) in [5.74, 6) is 0. The number of hydrogen-bond acceptors (Lipinski definition) is 2. The number of hydrogen-bond donors (Lipinski definition) is 1. The summed E-state index contributed by atoms with van der Waals surface area (Å²) in [5.41, 5.74) is 10.1. The summed E-state index contributed by atoms with van der Waals surface area (Å²) in [6, 6.07) is 19.2. The standard InChI is InChI=1S/C18H24N2/c1-3-17(19)16-12-8-9-13-18(16)20(4-2)14-15-10-6-5-7-11-15/h5-13,17H,3-4,14,19H2,1-2H3/t17-/m0/s1. The average Bonchev–Trinajstić information content (AvgIpc) is 2.53. The molecule has 2 rings (SSSR count). The van der Waals surface area contributed by atoms with Gasteiger partial charge in [-0.3, -0.25) is 0 Å². The molecule has 2 nitrogen and oxygen atoms in total. The maximum atomic E-state index is 6.25. The Balaban J connectivity index is 2.28. The molecule has 2 N–H and O–H groups in total. The van der Waals surface area contributed by atoms with Gasteiger partial charge in [0.15, 0.2) is 0 Å². The first-order valence-corrected chi connectivity index (χ1v) is 7.39. The van der Waals surface area contributed by atoms with Crippen LogP contribution < -0.4 is 10.6 Å². The van der Waals surface area contributed by atoms with Crippen molar-refractivity contribution in [2.24, 2.45) is 5.73 Å². The Morgan fingerprint density at radius 1 is 0.950 bits per heavy atom. The second-order valence-electron chi connectivity index (χ2n) is 5.07. The summed E-state index contributed by atoms with van der Waals surface area (Å²) in [6.45, 7) is 6.22. The van der Waals surface area contributed by atoms with E-state index in [0.29, 0.717) is 0 Å². The van der Waals surface area contributed by atoms with Gasteiger partial charge < -0.3 is 10.6 Å². The van der Waals surface area contributed by atoms with E-state index in [1.54, 1.807) is 0 Å². The van der Waals surface area contributed by atoms with E-state index in [9.17, 15) is 0 Å². The van der Waals surface area contributed by atoms with Gasteiger partial charge in [-0.2, -0.15) is 0 Å². The Kier molecular flexibility index (Phi) is 5.19. The highest BCUT2D eigenvalue weighted by Crippen LogP contribution is 2.27. The number of anilines is 1. The normalized spacial score (nSPS) is 12.2. The Bertz CT molecular complexity index is 522. The minimum Gasteiger partial charge on any atom is -0.367 e. The second kappa shape index (κ2) is 7.11.